The van der Waals surface area contributed by atoms with Gasteiger partial charge in [0.2, 0.25) is 0 Å². The molecule has 0 radical (unpaired) electrons. The van der Waals surface area contributed by atoms with Crippen LogP contribution in [0.3, 0.4) is 0 Å². The molecule has 8 heteroatoms. The molecule has 0 bridgehead atoms. The second kappa shape index (κ2) is 10.7. The Morgan fingerprint density at radius 2 is 1.67 bits per heavy atom. The molecule has 0 saturated heterocycles. The first-order valence-electron chi connectivity index (χ1n) is 7.74. The van der Waals surface area contributed by atoms with Crippen LogP contribution >= 0.6 is 0 Å². The van der Waals surface area contributed by atoms with Crippen LogP contribution in [0.15, 0.2) is 0 Å². The lowest BCUT2D eigenvalue weighted by Gasteiger charge is -2.31. The molecule has 2 N–H and O–H groups in total. The average Bonchev–Trinajstić information content (AvgIpc) is 2.43. The quantitative estimate of drug-likeness (QED) is 0.515. The van der Waals surface area contributed by atoms with E-state index in [9.17, 15) is 8.42 Å². The smallest absolute Gasteiger partial charge is 0.374 e. The van der Waals surface area contributed by atoms with Gasteiger partial charge >= 0.3 is 8.80 Å². The van der Waals surface area contributed by atoms with Crippen molar-refractivity contribution in [1.82, 2.24) is 0 Å². The number of hydrogen-bond acceptors (Lipinski definition) is 6. The summed E-state index contributed by atoms with van der Waals surface area (Å²) >= 11 is 0. The Hall–Kier alpha value is 0.00688. The number of hydrogen-bond donors (Lipinski definition) is 1. The van der Waals surface area contributed by atoms with Crippen molar-refractivity contribution < 1.29 is 21.7 Å². The van der Waals surface area contributed by atoms with Gasteiger partial charge < -0.3 is 19.0 Å². The molecule has 0 aliphatic heterocycles. The minimum Gasteiger partial charge on any atom is -0.374 e. The Labute approximate surface area is 130 Å². The maximum atomic E-state index is 12.2. The number of sulfone groups is 1. The van der Waals surface area contributed by atoms with Gasteiger partial charge in [0.15, 0.2) is 9.84 Å². The Balaban J connectivity index is 4.98. The second-order valence-corrected chi connectivity index (χ2v) is 9.92. The van der Waals surface area contributed by atoms with Gasteiger partial charge in [-0.2, -0.15) is 0 Å². The summed E-state index contributed by atoms with van der Waals surface area (Å²) in [6, 6.07) is 0.540. The van der Waals surface area contributed by atoms with Crippen LogP contribution in [0.1, 0.15) is 47.0 Å². The highest BCUT2D eigenvalue weighted by atomic mass is 32.2. The molecule has 0 amide bonds. The number of rotatable bonds is 13. The van der Waals surface area contributed by atoms with Gasteiger partial charge in [-0.05, 0) is 40.2 Å². The van der Waals surface area contributed by atoms with Crippen LogP contribution in [-0.4, -0.2) is 48.2 Å². The van der Waals surface area contributed by atoms with E-state index in [4.69, 9.17) is 19.0 Å². The predicted octanol–water partition coefficient (Wildman–Crippen LogP) is 1.92. The molecule has 0 aliphatic carbocycles. The van der Waals surface area contributed by atoms with Gasteiger partial charge in [0.25, 0.3) is 0 Å². The first-order valence-corrected chi connectivity index (χ1v) is 11.4. The van der Waals surface area contributed by atoms with E-state index < -0.39 is 24.1 Å². The first-order chi connectivity index (χ1) is 9.87. The molecule has 0 aliphatic rings. The van der Waals surface area contributed by atoms with Crippen LogP contribution in [0.2, 0.25) is 6.04 Å². The largest absolute Gasteiger partial charge is 0.502 e. The molecule has 0 spiro atoms. The first kappa shape index (κ1) is 21.0. The van der Waals surface area contributed by atoms with Crippen LogP contribution in [0.25, 0.3) is 0 Å². The van der Waals surface area contributed by atoms with Crippen LogP contribution in [0.5, 0.6) is 0 Å². The van der Waals surface area contributed by atoms with Gasteiger partial charge in [-0.15, -0.1) is 0 Å². The van der Waals surface area contributed by atoms with Gasteiger partial charge in [0.05, 0.1) is 5.75 Å². The summed E-state index contributed by atoms with van der Waals surface area (Å²) in [5, 5.41) is 0. The summed E-state index contributed by atoms with van der Waals surface area (Å²) in [5.41, 5.74) is 4.64. The molecule has 0 aromatic heterocycles. The average molecular weight is 342 g/mol. The fraction of sp³-hybridized carbons (Fsp3) is 1.00. The molecular weight excluding hydrogens is 310 g/mol. The molecule has 0 fully saturated rings. The third kappa shape index (κ3) is 7.71. The highest BCUT2D eigenvalue weighted by Crippen LogP contribution is 2.22. The Morgan fingerprint density at radius 1 is 1.10 bits per heavy atom. The highest BCUT2D eigenvalue weighted by molar-refractivity contribution is 7.91. The van der Waals surface area contributed by atoms with E-state index in [2.05, 4.69) is 0 Å². The molecule has 0 aromatic rings. The summed E-state index contributed by atoms with van der Waals surface area (Å²) in [6.45, 7) is 8.58. The Kier molecular flexibility index (Phi) is 10.7. The van der Waals surface area contributed by atoms with E-state index >= 15 is 0 Å². The third-order valence-corrected chi connectivity index (χ3v) is 8.32. The normalized spacial score (nSPS) is 14.3. The lowest BCUT2D eigenvalue weighted by Crippen LogP contribution is -2.50. The number of unbranched alkanes of at least 4 members (excludes halogenated alkanes) is 1. The Morgan fingerprint density at radius 3 is 2.10 bits per heavy atom. The zero-order chi connectivity index (χ0) is 16.4. The minimum atomic E-state index is -3.30. The molecular formula is C13H31NO5SSi. The lowest BCUT2D eigenvalue weighted by atomic mass is 10.4. The SMILES string of the molecule is CCCCS(=O)(=O)C(C)O[Si](CCCN)(OCC)OCC. The summed E-state index contributed by atoms with van der Waals surface area (Å²) in [4.78, 5) is 0. The minimum absolute atomic E-state index is 0.129. The standard InChI is InChI=1S/C13H31NO5SSi/c1-5-8-11-20(15,16)13(4)19-21(17-6-2,18-7-3)12-9-10-14/h13H,5-12,14H2,1-4H3. The van der Waals surface area contributed by atoms with Gasteiger partial charge in [-0.3, -0.25) is 0 Å². The van der Waals surface area contributed by atoms with E-state index in [0.29, 0.717) is 38.6 Å². The molecule has 1 unspecified atom stereocenters. The summed E-state index contributed by atoms with van der Waals surface area (Å²) < 4.78 is 41.7. The number of nitrogens with two attached hydrogens (primary N) is 1. The van der Waals surface area contributed by atoms with Crippen molar-refractivity contribution in [2.75, 3.05) is 25.5 Å². The van der Waals surface area contributed by atoms with E-state index in [1.54, 1.807) is 6.92 Å². The van der Waals surface area contributed by atoms with Gasteiger partial charge in [-0.1, -0.05) is 13.3 Å². The fourth-order valence-corrected chi connectivity index (χ4v) is 6.61. The second-order valence-electron chi connectivity index (χ2n) is 4.85. The lowest BCUT2D eigenvalue weighted by molar-refractivity contribution is 0.0598. The third-order valence-electron chi connectivity index (χ3n) is 3.05. The van der Waals surface area contributed by atoms with Crippen LogP contribution in [0, 0.1) is 0 Å². The molecule has 21 heavy (non-hydrogen) atoms. The zero-order valence-corrected chi connectivity index (χ0v) is 15.6. The highest BCUT2D eigenvalue weighted by Gasteiger charge is 2.44. The zero-order valence-electron chi connectivity index (χ0n) is 13.8. The van der Waals surface area contributed by atoms with Gasteiger partial charge in [-0.25, -0.2) is 8.42 Å². The topological polar surface area (TPSA) is 87.9 Å². The molecule has 6 nitrogen and oxygen atoms in total. The summed E-state index contributed by atoms with van der Waals surface area (Å²) in [6.07, 6.45) is 2.16. The molecule has 128 valence electrons. The summed E-state index contributed by atoms with van der Waals surface area (Å²) in [7, 11) is -6.28. The van der Waals surface area contributed by atoms with Crippen LogP contribution in [0.4, 0.5) is 0 Å². The van der Waals surface area contributed by atoms with Crippen LogP contribution < -0.4 is 5.73 Å². The van der Waals surface area contributed by atoms with Crippen molar-refractivity contribution in [3.8, 4) is 0 Å². The van der Waals surface area contributed by atoms with Crippen molar-refractivity contribution in [2.45, 2.75) is 58.4 Å². The van der Waals surface area contributed by atoms with E-state index in [1.807, 2.05) is 20.8 Å². The van der Waals surface area contributed by atoms with Crippen molar-refractivity contribution in [3.05, 3.63) is 0 Å². The fourth-order valence-electron chi connectivity index (χ4n) is 1.91. The Bertz CT molecular complexity index is 358. The summed E-state index contributed by atoms with van der Waals surface area (Å²) in [5.74, 6) is 0.129. The van der Waals surface area contributed by atoms with Gasteiger partial charge in [0, 0.05) is 19.3 Å². The van der Waals surface area contributed by atoms with E-state index in [0.717, 1.165) is 6.42 Å². The predicted molar refractivity (Wildman–Crippen MR) is 86.7 cm³/mol. The molecule has 0 saturated carbocycles. The van der Waals surface area contributed by atoms with Crippen LogP contribution in [-0.2, 0) is 23.1 Å². The van der Waals surface area contributed by atoms with Crippen molar-refractivity contribution in [3.63, 3.8) is 0 Å². The van der Waals surface area contributed by atoms with E-state index in [1.165, 1.54) is 0 Å². The van der Waals surface area contributed by atoms with Gasteiger partial charge in [0.1, 0.15) is 5.44 Å². The molecule has 1 atom stereocenters. The van der Waals surface area contributed by atoms with Crippen molar-refractivity contribution >= 4 is 18.6 Å². The maximum Gasteiger partial charge on any atom is 0.502 e. The maximum absolute atomic E-state index is 12.2. The van der Waals surface area contributed by atoms with Crippen molar-refractivity contribution in [1.29, 1.82) is 0 Å². The molecule has 0 rings (SSSR count). The molecule has 0 heterocycles. The van der Waals surface area contributed by atoms with Crippen molar-refractivity contribution in [2.24, 2.45) is 5.73 Å². The van der Waals surface area contributed by atoms with E-state index in [-0.39, 0.29) is 5.75 Å². The monoisotopic (exact) mass is 341 g/mol. The molecule has 0 aromatic carbocycles.